The predicted molar refractivity (Wildman–Crippen MR) is 164 cm³/mol. The number of allylic oxidation sites excluding steroid dienone is 5. The third-order valence-corrected chi connectivity index (χ3v) is 7.48. The number of carbonyl (C=O) groups excluding carboxylic acids is 1. The number of alkyl halides is 2. The summed E-state index contributed by atoms with van der Waals surface area (Å²) in [6.07, 6.45) is 12.7. The van der Waals surface area contributed by atoms with Crippen LogP contribution in [0.4, 0.5) is 8.78 Å². The molecule has 7 heteroatoms. The van der Waals surface area contributed by atoms with E-state index in [1.807, 2.05) is 64.0 Å². The van der Waals surface area contributed by atoms with Crippen molar-refractivity contribution < 1.29 is 15.0 Å². The Morgan fingerprint density at radius 1 is 1.29 bits per heavy atom. The Hall–Kier alpha value is -4.62. The quantitative estimate of drug-likeness (QED) is 0.365. The van der Waals surface area contributed by atoms with Crippen molar-refractivity contribution in [1.82, 2.24) is 10.3 Å². The lowest BCUT2D eigenvalue weighted by atomic mass is 9.77. The molecular formula is C35H35F2N4O. The molecule has 3 aliphatic carbocycles. The second-order valence-corrected chi connectivity index (χ2v) is 10.6. The smallest absolute Gasteiger partial charge is 0.271 e. The van der Waals surface area contributed by atoms with E-state index < -0.39 is 17.4 Å². The van der Waals surface area contributed by atoms with E-state index in [1.54, 1.807) is 18.2 Å². The zero-order valence-electron chi connectivity index (χ0n) is 24.2. The van der Waals surface area contributed by atoms with Crippen molar-refractivity contribution in [3.63, 3.8) is 0 Å². The summed E-state index contributed by atoms with van der Waals surface area (Å²) in [5.74, 6) is 1.49. The molecule has 1 unspecified atom stereocenters. The summed E-state index contributed by atoms with van der Waals surface area (Å²) < 4.78 is 26.1. The van der Waals surface area contributed by atoms with E-state index in [9.17, 15) is 18.8 Å². The van der Waals surface area contributed by atoms with Crippen molar-refractivity contribution in [1.29, 1.82) is 10.7 Å². The highest BCUT2D eigenvalue weighted by molar-refractivity contribution is 6.05. The highest BCUT2D eigenvalue weighted by atomic mass is 19.3. The number of nitrogens with zero attached hydrogens (tertiary/aromatic N) is 2. The molecule has 0 saturated heterocycles. The number of nitrogens with one attached hydrogen (secondary N) is 2. The number of rotatable bonds is 6. The number of amides is 1. The van der Waals surface area contributed by atoms with Gasteiger partial charge in [0.05, 0.1) is 33.8 Å². The Kier molecular flexibility index (Phi) is 9.02. The average Bonchev–Trinajstić information content (AvgIpc) is 3.75. The van der Waals surface area contributed by atoms with Gasteiger partial charge in [0.25, 0.3) is 12.3 Å². The van der Waals surface area contributed by atoms with Crippen molar-refractivity contribution in [2.24, 2.45) is 5.92 Å². The number of fused-ring (bicyclic) bond motifs is 2. The molecule has 5 rings (SSSR count). The van der Waals surface area contributed by atoms with E-state index in [0.29, 0.717) is 23.9 Å². The molecule has 1 heterocycles. The van der Waals surface area contributed by atoms with Gasteiger partial charge in [-0.15, -0.1) is 6.42 Å². The molecule has 0 saturated carbocycles. The Morgan fingerprint density at radius 2 is 2.05 bits per heavy atom. The van der Waals surface area contributed by atoms with Crippen molar-refractivity contribution in [3.8, 4) is 18.4 Å². The van der Waals surface area contributed by atoms with Gasteiger partial charge >= 0.3 is 0 Å². The van der Waals surface area contributed by atoms with Crippen LogP contribution in [-0.2, 0) is 11.8 Å². The molecule has 0 spiro atoms. The Balaban J connectivity index is 0.00000165. The molecule has 5 nitrogen and oxygen atoms in total. The summed E-state index contributed by atoms with van der Waals surface area (Å²) in [5, 5.41) is 22.6. The third kappa shape index (κ3) is 6.47. The van der Waals surface area contributed by atoms with Crippen LogP contribution in [0.3, 0.4) is 0 Å². The molecule has 2 atom stereocenters. The van der Waals surface area contributed by atoms with Gasteiger partial charge in [-0.05, 0) is 68.2 Å². The van der Waals surface area contributed by atoms with Crippen molar-refractivity contribution in [2.45, 2.75) is 52.4 Å². The van der Waals surface area contributed by atoms with Gasteiger partial charge in [0.2, 0.25) is 0 Å². The SMILES string of the molecule is C#C/C(=C\C(=N)c1ccc2c(n1)=CC(CNC(=O)c1ccc3c(c1)[C@](C)(C#N)CC1=C([CH]1)C3)C=C(C)C=2)C(F)F.CC.[HH]. The standard InChI is InChI=1S/C33H27F2N4O.C2H6.H2/c1-4-21(31(34)35)15-28(37)29-8-7-23-10-19(2)9-20(11-30(23)39-29)17-38-32(40)24-6-5-22-12-25-13-26(25)16-33(3,18-36)27(22)14-24;1-2;/h1,5-11,13-15,20,31,37H,12,16-17H2,2-3H3,(H,38,40);1-2H3;1H/b21-15+,37-28?;;/t20?,33-;;/m0../s1. The summed E-state index contributed by atoms with van der Waals surface area (Å²) in [7, 11) is 0. The van der Waals surface area contributed by atoms with Crippen LogP contribution in [0.1, 0.15) is 62.7 Å². The van der Waals surface area contributed by atoms with Gasteiger partial charge in [0.1, 0.15) is 0 Å². The molecule has 1 aromatic carbocycles. The van der Waals surface area contributed by atoms with Crippen molar-refractivity contribution in [3.05, 3.63) is 104 Å². The Morgan fingerprint density at radius 3 is 2.74 bits per heavy atom. The molecule has 0 bridgehead atoms. The minimum Gasteiger partial charge on any atom is -0.351 e. The number of aromatic nitrogens is 1. The topological polar surface area (TPSA) is 89.6 Å². The zero-order chi connectivity index (χ0) is 30.6. The van der Waals surface area contributed by atoms with Crippen LogP contribution in [0.25, 0.3) is 12.2 Å². The molecule has 1 aromatic heterocycles. The molecule has 2 aromatic rings. The second kappa shape index (κ2) is 12.5. The van der Waals surface area contributed by atoms with Gasteiger partial charge in [0.15, 0.2) is 0 Å². The number of hydrogen-bond donors (Lipinski definition) is 2. The second-order valence-electron chi connectivity index (χ2n) is 10.6. The summed E-state index contributed by atoms with van der Waals surface area (Å²) in [4.78, 5) is 17.7. The van der Waals surface area contributed by atoms with Gasteiger partial charge in [-0.25, -0.2) is 13.8 Å². The monoisotopic (exact) mass is 565 g/mol. The molecule has 0 aliphatic heterocycles. The maximum absolute atomic E-state index is 13.2. The highest BCUT2D eigenvalue weighted by Gasteiger charge is 2.39. The van der Waals surface area contributed by atoms with Crippen LogP contribution in [0.2, 0.25) is 0 Å². The first kappa shape index (κ1) is 30.3. The minimum absolute atomic E-state index is 0. The molecule has 42 heavy (non-hydrogen) atoms. The van der Waals surface area contributed by atoms with E-state index in [1.165, 1.54) is 11.1 Å². The fourth-order valence-corrected chi connectivity index (χ4v) is 5.27. The van der Waals surface area contributed by atoms with Crippen molar-refractivity contribution in [2.75, 3.05) is 6.54 Å². The van der Waals surface area contributed by atoms with E-state index >= 15 is 0 Å². The lowest BCUT2D eigenvalue weighted by Gasteiger charge is -2.24. The van der Waals surface area contributed by atoms with Crippen LogP contribution in [0.5, 0.6) is 0 Å². The fraction of sp³-hybridized carbons (Fsp3) is 0.286. The molecule has 3 aliphatic rings. The van der Waals surface area contributed by atoms with E-state index in [-0.39, 0.29) is 24.7 Å². The molecule has 2 N–H and O–H groups in total. The number of nitriles is 1. The molecule has 1 radical (unpaired) electrons. The van der Waals surface area contributed by atoms with E-state index in [0.717, 1.165) is 34.4 Å². The number of carbonyl (C=O) groups is 1. The maximum Gasteiger partial charge on any atom is 0.271 e. The first-order chi connectivity index (χ1) is 20.1. The van der Waals surface area contributed by atoms with Gasteiger partial charge in [-0.2, -0.15) is 5.26 Å². The van der Waals surface area contributed by atoms with E-state index in [2.05, 4.69) is 22.8 Å². The van der Waals surface area contributed by atoms with Crippen LogP contribution < -0.4 is 15.9 Å². The summed E-state index contributed by atoms with van der Waals surface area (Å²) in [6.45, 7) is 8.18. The highest BCUT2D eigenvalue weighted by Crippen LogP contribution is 2.47. The van der Waals surface area contributed by atoms with Gasteiger partial charge in [-0.3, -0.25) is 10.2 Å². The Bertz CT molecular complexity index is 1760. The van der Waals surface area contributed by atoms with Crippen LogP contribution >= 0.6 is 0 Å². The number of terminal acetylenes is 1. The number of halogens is 2. The van der Waals surface area contributed by atoms with Crippen molar-refractivity contribution >= 4 is 23.8 Å². The van der Waals surface area contributed by atoms with Crippen LogP contribution in [0, 0.1) is 41.4 Å². The molecule has 0 fully saturated rings. The maximum atomic E-state index is 13.2. The molecule has 215 valence electrons. The number of hydrogen-bond acceptors (Lipinski definition) is 4. The summed E-state index contributed by atoms with van der Waals surface area (Å²) in [6, 6.07) is 11.4. The first-order valence-corrected chi connectivity index (χ1v) is 13.9. The zero-order valence-corrected chi connectivity index (χ0v) is 24.2. The number of benzene rings is 1. The largest absolute Gasteiger partial charge is 0.351 e. The Labute approximate surface area is 247 Å². The van der Waals surface area contributed by atoms with Crippen LogP contribution in [-0.4, -0.2) is 29.6 Å². The van der Waals surface area contributed by atoms with E-state index in [4.69, 9.17) is 11.8 Å². The molecule has 1 amide bonds. The van der Waals surface area contributed by atoms with Gasteiger partial charge in [-0.1, -0.05) is 60.8 Å². The third-order valence-electron chi connectivity index (χ3n) is 7.48. The number of pyridine rings is 1. The minimum atomic E-state index is -2.85. The van der Waals surface area contributed by atoms with Gasteiger partial charge in [0, 0.05) is 31.1 Å². The lowest BCUT2D eigenvalue weighted by Crippen LogP contribution is -2.33. The predicted octanol–water partition coefficient (Wildman–Crippen LogP) is 5.36. The average molecular weight is 566 g/mol. The summed E-state index contributed by atoms with van der Waals surface area (Å²) in [5.41, 5.74) is 4.73. The normalized spacial score (nSPS) is 20.3. The van der Waals surface area contributed by atoms with Crippen LogP contribution in [0.15, 0.2) is 64.8 Å². The first-order valence-electron chi connectivity index (χ1n) is 13.9. The lowest BCUT2D eigenvalue weighted by molar-refractivity contribution is 0.0952. The van der Waals surface area contributed by atoms with Gasteiger partial charge < -0.3 is 5.32 Å². The summed E-state index contributed by atoms with van der Waals surface area (Å²) >= 11 is 0. The fourth-order valence-electron chi connectivity index (χ4n) is 5.27. The molecular weight excluding hydrogens is 530 g/mol.